The molecule has 4 heterocycles. The highest BCUT2D eigenvalue weighted by Crippen LogP contribution is 2.36. The summed E-state index contributed by atoms with van der Waals surface area (Å²) in [4.78, 5) is 35.4. The highest BCUT2D eigenvalue weighted by molar-refractivity contribution is 6.33. The Morgan fingerprint density at radius 1 is 0.833 bits per heavy atom. The lowest BCUT2D eigenvalue weighted by atomic mass is 9.97. The number of aryl methyl sites for hydroxylation is 2. The van der Waals surface area contributed by atoms with Crippen LogP contribution in [0.4, 0.5) is 5.82 Å². The molecule has 0 aliphatic carbocycles. The van der Waals surface area contributed by atoms with Crippen molar-refractivity contribution < 1.29 is 4.79 Å². The molecular weight excluding hydrogens is 472 g/mol. The van der Waals surface area contributed by atoms with Gasteiger partial charge in [-0.05, 0) is 49.6 Å². The number of benzene rings is 1. The Kier molecular flexibility index (Phi) is 6.65. The van der Waals surface area contributed by atoms with Crippen LogP contribution in [-0.4, -0.2) is 56.9 Å². The van der Waals surface area contributed by atoms with Gasteiger partial charge in [0.2, 0.25) is 0 Å². The number of hydrogen-bond donors (Lipinski definition) is 0. The van der Waals surface area contributed by atoms with Gasteiger partial charge in [0.1, 0.15) is 17.2 Å². The summed E-state index contributed by atoms with van der Waals surface area (Å²) in [5.41, 5.74) is 7.06. The van der Waals surface area contributed by atoms with Gasteiger partial charge in [-0.25, -0.2) is 4.98 Å². The number of rotatable bonds is 4. The number of piperazine rings is 1. The standard InChI is InChI=1S/C28H27ClN6O/c1-18-6-4-8-21(20(18)3)26-27(22-9-11-30-16-23(22)29)33-24(17-32-26)34-12-14-35(15-13-34)28(36)25-19(2)7-5-10-31-25/h4-11,16-17H,12-15H2,1-3H3. The molecule has 1 aromatic carbocycles. The molecule has 1 saturated heterocycles. The van der Waals surface area contributed by atoms with Crippen molar-refractivity contribution in [1.82, 2.24) is 24.8 Å². The van der Waals surface area contributed by atoms with E-state index in [1.165, 1.54) is 5.56 Å². The fourth-order valence-corrected chi connectivity index (χ4v) is 4.70. The minimum Gasteiger partial charge on any atom is -0.352 e. The van der Waals surface area contributed by atoms with Crippen LogP contribution in [-0.2, 0) is 0 Å². The van der Waals surface area contributed by atoms with E-state index in [1.54, 1.807) is 18.6 Å². The van der Waals surface area contributed by atoms with Crippen LogP contribution in [0.3, 0.4) is 0 Å². The zero-order valence-electron chi connectivity index (χ0n) is 20.6. The van der Waals surface area contributed by atoms with Crippen LogP contribution in [0.15, 0.2) is 61.2 Å². The molecule has 1 aliphatic rings. The normalized spacial score (nSPS) is 13.7. The molecular formula is C28H27ClN6O. The van der Waals surface area contributed by atoms with E-state index in [1.807, 2.05) is 42.3 Å². The number of hydrogen-bond acceptors (Lipinski definition) is 6. The number of nitrogens with zero attached hydrogens (tertiary/aromatic N) is 6. The largest absolute Gasteiger partial charge is 0.352 e. The molecule has 0 bridgehead atoms. The van der Waals surface area contributed by atoms with Crippen molar-refractivity contribution in [3.63, 3.8) is 0 Å². The molecule has 36 heavy (non-hydrogen) atoms. The summed E-state index contributed by atoms with van der Waals surface area (Å²) in [6, 6.07) is 11.8. The second kappa shape index (κ2) is 10.0. The summed E-state index contributed by atoms with van der Waals surface area (Å²) in [5.74, 6) is 0.724. The third-order valence-electron chi connectivity index (χ3n) is 6.75. The van der Waals surface area contributed by atoms with Gasteiger partial charge in [0.15, 0.2) is 0 Å². The van der Waals surface area contributed by atoms with E-state index in [2.05, 4.69) is 40.8 Å². The average molecular weight is 499 g/mol. The molecule has 182 valence electrons. The van der Waals surface area contributed by atoms with Crippen molar-refractivity contribution in [2.45, 2.75) is 20.8 Å². The maximum absolute atomic E-state index is 13.0. The first kappa shape index (κ1) is 23.9. The van der Waals surface area contributed by atoms with E-state index in [9.17, 15) is 4.79 Å². The van der Waals surface area contributed by atoms with Gasteiger partial charge >= 0.3 is 0 Å². The minimum atomic E-state index is -0.0339. The maximum atomic E-state index is 13.0. The van der Waals surface area contributed by atoms with E-state index in [0.29, 0.717) is 36.9 Å². The van der Waals surface area contributed by atoms with Crippen LogP contribution in [0.1, 0.15) is 27.2 Å². The summed E-state index contributed by atoms with van der Waals surface area (Å²) in [6.45, 7) is 8.57. The quantitative estimate of drug-likeness (QED) is 0.387. The third kappa shape index (κ3) is 4.54. The minimum absolute atomic E-state index is 0.0339. The first-order valence-corrected chi connectivity index (χ1v) is 12.3. The molecule has 0 atom stereocenters. The first-order valence-electron chi connectivity index (χ1n) is 11.9. The van der Waals surface area contributed by atoms with Crippen LogP contribution < -0.4 is 4.90 Å². The number of aromatic nitrogens is 4. The lowest BCUT2D eigenvalue weighted by Gasteiger charge is -2.35. The number of halogens is 1. The second-order valence-electron chi connectivity index (χ2n) is 8.98. The van der Waals surface area contributed by atoms with Gasteiger partial charge in [0.05, 0.1) is 16.9 Å². The Hall–Kier alpha value is -3.84. The van der Waals surface area contributed by atoms with Gasteiger partial charge in [0.25, 0.3) is 5.91 Å². The van der Waals surface area contributed by atoms with Gasteiger partial charge in [-0.2, -0.15) is 0 Å². The molecule has 1 amide bonds. The second-order valence-corrected chi connectivity index (χ2v) is 9.38. The highest BCUT2D eigenvalue weighted by Gasteiger charge is 2.26. The Morgan fingerprint density at radius 3 is 2.36 bits per heavy atom. The first-order chi connectivity index (χ1) is 17.4. The highest BCUT2D eigenvalue weighted by atomic mass is 35.5. The fourth-order valence-electron chi connectivity index (χ4n) is 4.49. The van der Waals surface area contributed by atoms with Gasteiger partial charge in [-0.15, -0.1) is 0 Å². The molecule has 0 radical (unpaired) electrons. The Morgan fingerprint density at radius 2 is 1.61 bits per heavy atom. The number of carbonyl (C=O) groups is 1. The van der Waals surface area contributed by atoms with Crippen molar-refractivity contribution in [2.24, 2.45) is 0 Å². The number of carbonyl (C=O) groups excluding carboxylic acids is 1. The Bertz CT molecular complexity index is 1430. The van der Waals surface area contributed by atoms with Gasteiger partial charge in [-0.1, -0.05) is 35.9 Å². The number of amides is 1. The molecule has 8 heteroatoms. The van der Waals surface area contributed by atoms with Gasteiger partial charge in [0, 0.05) is 55.9 Å². The number of anilines is 1. The van der Waals surface area contributed by atoms with Crippen LogP contribution in [0.2, 0.25) is 5.02 Å². The topological polar surface area (TPSA) is 75.1 Å². The van der Waals surface area contributed by atoms with Gasteiger partial charge < -0.3 is 9.80 Å². The summed E-state index contributed by atoms with van der Waals surface area (Å²) in [7, 11) is 0. The van der Waals surface area contributed by atoms with Crippen molar-refractivity contribution >= 4 is 23.3 Å². The molecule has 5 rings (SSSR count). The smallest absolute Gasteiger partial charge is 0.272 e. The molecule has 4 aromatic rings. The van der Waals surface area contributed by atoms with Crippen LogP contribution in [0, 0.1) is 20.8 Å². The van der Waals surface area contributed by atoms with Crippen LogP contribution in [0.5, 0.6) is 0 Å². The summed E-state index contributed by atoms with van der Waals surface area (Å²) < 4.78 is 0. The molecule has 0 saturated carbocycles. The maximum Gasteiger partial charge on any atom is 0.272 e. The Balaban J connectivity index is 1.46. The molecule has 0 spiro atoms. The molecule has 3 aromatic heterocycles. The zero-order valence-corrected chi connectivity index (χ0v) is 21.3. The van der Waals surface area contributed by atoms with E-state index in [-0.39, 0.29) is 5.91 Å². The SMILES string of the molecule is Cc1cccnc1C(=O)N1CCN(c2cnc(-c3cccc(C)c3C)c(-c3ccncc3Cl)n2)CC1. The molecule has 7 nitrogen and oxygen atoms in total. The monoisotopic (exact) mass is 498 g/mol. The van der Waals surface area contributed by atoms with Crippen molar-refractivity contribution in [3.8, 4) is 22.5 Å². The summed E-state index contributed by atoms with van der Waals surface area (Å²) in [6.07, 6.45) is 6.82. The lowest BCUT2D eigenvalue weighted by molar-refractivity contribution is 0.0740. The number of pyridine rings is 2. The predicted molar refractivity (Wildman–Crippen MR) is 142 cm³/mol. The molecule has 0 unspecified atom stereocenters. The Labute approximate surface area is 215 Å². The van der Waals surface area contributed by atoms with Crippen molar-refractivity contribution in [1.29, 1.82) is 0 Å². The summed E-state index contributed by atoms with van der Waals surface area (Å²) in [5, 5.41) is 0.525. The lowest BCUT2D eigenvalue weighted by Crippen LogP contribution is -2.49. The van der Waals surface area contributed by atoms with Crippen molar-refractivity contribution in [3.05, 3.63) is 88.6 Å². The molecule has 1 aliphatic heterocycles. The van der Waals surface area contributed by atoms with E-state index >= 15 is 0 Å². The molecule has 0 N–H and O–H groups in total. The van der Waals surface area contributed by atoms with E-state index in [0.717, 1.165) is 39.5 Å². The predicted octanol–water partition coefficient (Wildman–Crippen LogP) is 5.14. The average Bonchev–Trinajstić information content (AvgIpc) is 2.90. The zero-order chi connectivity index (χ0) is 25.2. The molecule has 1 fully saturated rings. The van der Waals surface area contributed by atoms with E-state index < -0.39 is 0 Å². The third-order valence-corrected chi connectivity index (χ3v) is 7.05. The fraction of sp³-hybridized carbons (Fsp3) is 0.250. The van der Waals surface area contributed by atoms with Crippen LogP contribution in [0.25, 0.3) is 22.5 Å². The van der Waals surface area contributed by atoms with E-state index in [4.69, 9.17) is 21.6 Å². The van der Waals surface area contributed by atoms with Crippen molar-refractivity contribution in [2.75, 3.05) is 31.1 Å². The summed E-state index contributed by atoms with van der Waals surface area (Å²) >= 11 is 6.56. The van der Waals surface area contributed by atoms with Gasteiger partial charge in [-0.3, -0.25) is 19.7 Å². The van der Waals surface area contributed by atoms with Crippen LogP contribution >= 0.6 is 11.6 Å².